The number of hydrogen-bond donors (Lipinski definition) is 1. The number of hydrogen-bond acceptors (Lipinski definition) is 4. The number of ether oxygens (including phenoxy) is 3. The van der Waals surface area contributed by atoms with Crippen molar-refractivity contribution < 1.29 is 19.3 Å². The van der Waals surface area contributed by atoms with Crippen LogP contribution in [0.5, 0.6) is 0 Å². The Morgan fingerprint density at radius 2 is 2.00 bits per heavy atom. The van der Waals surface area contributed by atoms with Crippen molar-refractivity contribution in [2.24, 2.45) is 0 Å². The predicted molar refractivity (Wildman–Crippen MR) is 42.8 cm³/mol. The second kappa shape index (κ2) is 4.18. The zero-order valence-corrected chi connectivity index (χ0v) is 7.69. The van der Waals surface area contributed by atoms with E-state index in [4.69, 9.17) is 14.2 Å². The van der Waals surface area contributed by atoms with E-state index in [9.17, 15) is 5.11 Å². The summed E-state index contributed by atoms with van der Waals surface area (Å²) in [5.74, 6) is 0. The van der Waals surface area contributed by atoms with E-state index >= 15 is 0 Å². The number of rotatable bonds is 2. The Labute approximate surface area is 72.4 Å². The van der Waals surface area contributed by atoms with Gasteiger partial charge in [-0.15, -0.1) is 0 Å². The second-order valence-corrected chi connectivity index (χ2v) is 3.01. The minimum atomic E-state index is -0.554. The minimum absolute atomic E-state index is 0.182. The van der Waals surface area contributed by atoms with Crippen LogP contribution in [0.1, 0.15) is 13.3 Å². The Balaban J connectivity index is 2.52. The van der Waals surface area contributed by atoms with E-state index in [2.05, 4.69) is 0 Å². The van der Waals surface area contributed by atoms with Crippen molar-refractivity contribution in [3.05, 3.63) is 0 Å². The quantitative estimate of drug-likeness (QED) is 0.650. The molecule has 1 aliphatic heterocycles. The molecule has 0 radical (unpaired) electrons. The lowest BCUT2D eigenvalue weighted by Crippen LogP contribution is -2.48. The third-order valence-corrected chi connectivity index (χ3v) is 2.22. The summed E-state index contributed by atoms with van der Waals surface area (Å²) in [7, 11) is 3.17. The topological polar surface area (TPSA) is 47.9 Å². The van der Waals surface area contributed by atoms with Crippen LogP contribution in [0.15, 0.2) is 0 Å². The number of aliphatic hydroxyl groups excluding tert-OH is 1. The first-order valence-electron chi connectivity index (χ1n) is 4.08. The molecule has 1 fully saturated rings. The highest BCUT2D eigenvalue weighted by Crippen LogP contribution is 2.22. The molecule has 1 saturated heterocycles. The molecule has 1 aliphatic rings. The second-order valence-electron chi connectivity index (χ2n) is 3.01. The lowest BCUT2D eigenvalue weighted by atomic mass is 10.0. The summed E-state index contributed by atoms with van der Waals surface area (Å²) < 4.78 is 15.5. The van der Waals surface area contributed by atoms with Crippen LogP contribution >= 0.6 is 0 Å². The van der Waals surface area contributed by atoms with E-state index in [0.29, 0.717) is 6.42 Å². The van der Waals surface area contributed by atoms with Crippen LogP contribution in [0.25, 0.3) is 0 Å². The van der Waals surface area contributed by atoms with Gasteiger partial charge in [-0.1, -0.05) is 0 Å². The summed E-state index contributed by atoms with van der Waals surface area (Å²) in [6.45, 7) is 1.81. The molecular formula is C8H16O4. The maximum Gasteiger partial charge on any atom is 0.160 e. The number of methoxy groups -OCH3 is 2. The fraction of sp³-hybridized carbons (Fsp3) is 1.00. The maximum atomic E-state index is 9.55. The largest absolute Gasteiger partial charge is 0.388 e. The normalized spacial score (nSPS) is 43.0. The molecular weight excluding hydrogens is 160 g/mol. The summed E-state index contributed by atoms with van der Waals surface area (Å²) in [6, 6.07) is 0. The molecule has 4 atom stereocenters. The van der Waals surface area contributed by atoms with Gasteiger partial charge in [-0.25, -0.2) is 0 Å². The van der Waals surface area contributed by atoms with Crippen LogP contribution in [0.2, 0.25) is 0 Å². The van der Waals surface area contributed by atoms with Gasteiger partial charge in [0.1, 0.15) is 6.10 Å². The first kappa shape index (κ1) is 9.92. The Kier molecular flexibility index (Phi) is 3.46. The molecule has 0 spiro atoms. The molecule has 0 aromatic heterocycles. The van der Waals surface area contributed by atoms with Crippen molar-refractivity contribution in [3.63, 3.8) is 0 Å². The van der Waals surface area contributed by atoms with Crippen LogP contribution in [0, 0.1) is 0 Å². The molecule has 0 aliphatic carbocycles. The standard InChI is InChI=1S/C8H16O4/c1-5-8(9)6(10-2)4-7(11-3)12-5/h5-9H,4H2,1-3H3/t5-,6-,7+,8-/m1/s1. The molecule has 4 heteroatoms. The van der Waals surface area contributed by atoms with Gasteiger partial charge >= 0.3 is 0 Å². The molecule has 0 unspecified atom stereocenters. The van der Waals surface area contributed by atoms with E-state index in [1.807, 2.05) is 6.92 Å². The van der Waals surface area contributed by atoms with Crippen molar-refractivity contribution in [1.82, 2.24) is 0 Å². The zero-order valence-electron chi connectivity index (χ0n) is 7.69. The lowest BCUT2D eigenvalue weighted by molar-refractivity contribution is -0.241. The SMILES string of the molecule is CO[C@@H]1C[C@@H](OC)[C@H](O)[C@@H](C)O1. The van der Waals surface area contributed by atoms with Crippen molar-refractivity contribution in [2.75, 3.05) is 14.2 Å². The van der Waals surface area contributed by atoms with Crippen LogP contribution in [-0.4, -0.2) is 43.9 Å². The average Bonchev–Trinajstić information content (AvgIpc) is 2.09. The summed E-state index contributed by atoms with van der Waals surface area (Å²) >= 11 is 0. The van der Waals surface area contributed by atoms with Crippen LogP contribution in [0.4, 0.5) is 0 Å². The van der Waals surface area contributed by atoms with Gasteiger partial charge in [-0.05, 0) is 6.92 Å². The minimum Gasteiger partial charge on any atom is -0.388 e. The van der Waals surface area contributed by atoms with E-state index in [0.717, 1.165) is 0 Å². The van der Waals surface area contributed by atoms with Crippen molar-refractivity contribution in [1.29, 1.82) is 0 Å². The summed E-state index contributed by atoms with van der Waals surface area (Å²) in [5.41, 5.74) is 0. The van der Waals surface area contributed by atoms with Gasteiger partial charge in [0.2, 0.25) is 0 Å². The third-order valence-electron chi connectivity index (χ3n) is 2.22. The zero-order chi connectivity index (χ0) is 9.14. The Morgan fingerprint density at radius 3 is 2.50 bits per heavy atom. The van der Waals surface area contributed by atoms with Gasteiger partial charge in [0, 0.05) is 20.6 Å². The molecule has 0 saturated carbocycles. The molecule has 1 N–H and O–H groups in total. The number of aliphatic hydroxyl groups is 1. The Morgan fingerprint density at radius 1 is 1.33 bits per heavy atom. The summed E-state index contributed by atoms with van der Waals surface area (Å²) in [4.78, 5) is 0. The average molecular weight is 176 g/mol. The Hall–Kier alpha value is -0.160. The molecule has 0 bridgehead atoms. The summed E-state index contributed by atoms with van der Waals surface area (Å²) in [5, 5.41) is 9.55. The van der Waals surface area contributed by atoms with E-state index in [1.54, 1.807) is 14.2 Å². The third kappa shape index (κ3) is 1.95. The van der Waals surface area contributed by atoms with Crippen LogP contribution in [0.3, 0.4) is 0 Å². The fourth-order valence-electron chi connectivity index (χ4n) is 1.39. The highest BCUT2D eigenvalue weighted by atomic mass is 16.7. The van der Waals surface area contributed by atoms with Gasteiger partial charge in [0.25, 0.3) is 0 Å². The summed E-state index contributed by atoms with van der Waals surface area (Å²) in [6.07, 6.45) is -0.638. The maximum absolute atomic E-state index is 9.55. The van der Waals surface area contributed by atoms with E-state index in [1.165, 1.54) is 0 Å². The smallest absolute Gasteiger partial charge is 0.160 e. The van der Waals surface area contributed by atoms with Gasteiger partial charge < -0.3 is 19.3 Å². The molecule has 1 rings (SSSR count). The van der Waals surface area contributed by atoms with Crippen molar-refractivity contribution in [2.45, 2.75) is 37.9 Å². The van der Waals surface area contributed by atoms with Gasteiger partial charge in [0.05, 0.1) is 12.2 Å². The molecule has 0 aromatic rings. The highest BCUT2D eigenvalue weighted by molar-refractivity contribution is 4.80. The predicted octanol–water partition coefficient (Wildman–Crippen LogP) is 0.144. The molecule has 1 heterocycles. The van der Waals surface area contributed by atoms with Gasteiger partial charge in [-0.2, -0.15) is 0 Å². The lowest BCUT2D eigenvalue weighted by Gasteiger charge is -2.36. The van der Waals surface area contributed by atoms with E-state index in [-0.39, 0.29) is 18.5 Å². The molecule has 4 nitrogen and oxygen atoms in total. The monoisotopic (exact) mass is 176 g/mol. The first-order chi connectivity index (χ1) is 5.69. The Bertz CT molecular complexity index is 139. The van der Waals surface area contributed by atoms with Gasteiger partial charge in [-0.3, -0.25) is 0 Å². The van der Waals surface area contributed by atoms with Crippen molar-refractivity contribution >= 4 is 0 Å². The van der Waals surface area contributed by atoms with E-state index < -0.39 is 6.10 Å². The van der Waals surface area contributed by atoms with Gasteiger partial charge in [0.15, 0.2) is 6.29 Å². The van der Waals surface area contributed by atoms with Crippen LogP contribution < -0.4 is 0 Å². The fourth-order valence-corrected chi connectivity index (χ4v) is 1.39. The first-order valence-corrected chi connectivity index (χ1v) is 4.08. The van der Waals surface area contributed by atoms with Crippen molar-refractivity contribution in [3.8, 4) is 0 Å². The molecule has 12 heavy (non-hydrogen) atoms. The van der Waals surface area contributed by atoms with Crippen LogP contribution in [-0.2, 0) is 14.2 Å². The molecule has 0 aromatic carbocycles. The molecule has 72 valence electrons. The highest BCUT2D eigenvalue weighted by Gasteiger charge is 2.35. The molecule has 0 amide bonds.